The highest BCUT2D eigenvalue weighted by molar-refractivity contribution is 6.03. The summed E-state index contributed by atoms with van der Waals surface area (Å²) in [5, 5.41) is 9.76. The third-order valence-corrected chi connectivity index (χ3v) is 5.82. The van der Waals surface area contributed by atoms with Gasteiger partial charge in [0.15, 0.2) is 11.5 Å². The number of anilines is 2. The van der Waals surface area contributed by atoms with Crippen molar-refractivity contribution in [3.8, 4) is 11.5 Å². The lowest BCUT2D eigenvalue weighted by molar-refractivity contribution is -0.132. The van der Waals surface area contributed by atoms with E-state index in [9.17, 15) is 9.59 Å². The Kier molecular flexibility index (Phi) is 5.19. The number of rotatable bonds is 5. The van der Waals surface area contributed by atoms with Gasteiger partial charge in [0.1, 0.15) is 5.69 Å². The SMILES string of the molecule is O=C(Nc1ccc(N2CCCN(C(=O)C3CC3)CC2)cc1)c1cc(-c2ccco2)[nH]n1. The Hall–Kier alpha value is -3.55. The zero-order chi connectivity index (χ0) is 21.2. The maximum atomic E-state index is 12.5. The Morgan fingerprint density at radius 3 is 2.65 bits per heavy atom. The van der Waals surface area contributed by atoms with Crippen molar-refractivity contribution < 1.29 is 14.0 Å². The molecule has 2 N–H and O–H groups in total. The molecule has 2 fully saturated rings. The van der Waals surface area contributed by atoms with Crippen molar-refractivity contribution in [3.63, 3.8) is 0 Å². The Bertz CT molecular complexity index is 1050. The number of nitrogens with one attached hydrogen (secondary N) is 2. The molecule has 2 amide bonds. The van der Waals surface area contributed by atoms with E-state index in [1.54, 1.807) is 24.5 Å². The minimum atomic E-state index is -0.286. The minimum Gasteiger partial charge on any atom is -0.463 e. The van der Waals surface area contributed by atoms with Gasteiger partial charge in [-0.1, -0.05) is 0 Å². The summed E-state index contributed by atoms with van der Waals surface area (Å²) < 4.78 is 5.32. The molecule has 2 aliphatic rings. The summed E-state index contributed by atoms with van der Waals surface area (Å²) in [5.41, 5.74) is 2.75. The Morgan fingerprint density at radius 1 is 1.06 bits per heavy atom. The fraction of sp³-hybridized carbons (Fsp3) is 0.348. The number of H-pyrrole nitrogens is 1. The third kappa shape index (κ3) is 4.33. The molecule has 1 aromatic carbocycles. The smallest absolute Gasteiger partial charge is 0.276 e. The van der Waals surface area contributed by atoms with Gasteiger partial charge in [0, 0.05) is 49.5 Å². The molecular weight excluding hydrogens is 394 g/mol. The third-order valence-electron chi connectivity index (χ3n) is 5.82. The molecule has 0 radical (unpaired) electrons. The maximum Gasteiger partial charge on any atom is 0.276 e. The lowest BCUT2D eigenvalue weighted by Gasteiger charge is -2.24. The molecule has 2 aromatic heterocycles. The lowest BCUT2D eigenvalue weighted by atomic mass is 10.2. The summed E-state index contributed by atoms with van der Waals surface area (Å²) in [6, 6.07) is 13.0. The molecule has 0 unspecified atom stereocenters. The van der Waals surface area contributed by atoms with Crippen molar-refractivity contribution in [2.45, 2.75) is 19.3 Å². The number of benzene rings is 1. The number of amides is 2. The predicted octanol–water partition coefficient (Wildman–Crippen LogP) is 3.37. The molecule has 31 heavy (non-hydrogen) atoms. The second kappa shape index (κ2) is 8.29. The first-order valence-electron chi connectivity index (χ1n) is 10.7. The number of carbonyl (C=O) groups is 2. The number of hydrogen-bond acceptors (Lipinski definition) is 5. The monoisotopic (exact) mass is 419 g/mol. The van der Waals surface area contributed by atoms with Crippen LogP contribution in [0.2, 0.25) is 0 Å². The van der Waals surface area contributed by atoms with Crippen LogP contribution in [-0.4, -0.2) is 53.1 Å². The maximum absolute atomic E-state index is 12.5. The Labute approximate surface area is 180 Å². The predicted molar refractivity (Wildman–Crippen MR) is 117 cm³/mol. The molecule has 160 valence electrons. The number of furan rings is 1. The van der Waals surface area contributed by atoms with Gasteiger partial charge in [0.25, 0.3) is 5.91 Å². The standard InChI is InChI=1S/C23H25N5O3/c29-22(20-15-19(25-26-20)21-3-1-14-31-21)24-17-6-8-18(9-7-17)27-10-2-11-28(13-12-27)23(30)16-4-5-16/h1,3,6-9,14-16H,2,4-5,10-13H2,(H,24,29)(H,25,26). The number of carbonyl (C=O) groups excluding carboxylic acids is 2. The van der Waals surface area contributed by atoms with Gasteiger partial charge in [-0.25, -0.2) is 0 Å². The lowest BCUT2D eigenvalue weighted by Crippen LogP contribution is -2.36. The molecule has 0 spiro atoms. The van der Waals surface area contributed by atoms with E-state index in [2.05, 4.69) is 20.4 Å². The first kappa shape index (κ1) is 19.4. The van der Waals surface area contributed by atoms with Gasteiger partial charge in [-0.05, 0) is 55.7 Å². The van der Waals surface area contributed by atoms with Crippen molar-refractivity contribution in [2.75, 3.05) is 36.4 Å². The molecule has 1 aliphatic carbocycles. The second-order valence-corrected chi connectivity index (χ2v) is 8.09. The number of aromatic nitrogens is 2. The van der Waals surface area contributed by atoms with Gasteiger partial charge in [0.05, 0.1) is 6.26 Å². The zero-order valence-electron chi connectivity index (χ0n) is 17.2. The van der Waals surface area contributed by atoms with Crippen LogP contribution in [0.4, 0.5) is 11.4 Å². The minimum absolute atomic E-state index is 0.277. The van der Waals surface area contributed by atoms with Crippen LogP contribution in [0.5, 0.6) is 0 Å². The molecular formula is C23H25N5O3. The molecule has 0 atom stereocenters. The van der Waals surface area contributed by atoms with Gasteiger partial charge in [0.2, 0.25) is 5.91 Å². The van der Waals surface area contributed by atoms with E-state index in [-0.39, 0.29) is 11.8 Å². The van der Waals surface area contributed by atoms with Gasteiger partial charge in [-0.15, -0.1) is 0 Å². The highest BCUT2D eigenvalue weighted by atomic mass is 16.3. The van der Waals surface area contributed by atoms with Crippen LogP contribution in [0.3, 0.4) is 0 Å². The van der Waals surface area contributed by atoms with Crippen molar-refractivity contribution >= 4 is 23.2 Å². The van der Waals surface area contributed by atoms with E-state index in [1.165, 1.54) is 0 Å². The summed E-state index contributed by atoms with van der Waals surface area (Å²) in [6.45, 7) is 3.35. The summed E-state index contributed by atoms with van der Waals surface area (Å²) >= 11 is 0. The molecule has 3 heterocycles. The van der Waals surface area contributed by atoms with Crippen molar-refractivity contribution in [1.29, 1.82) is 0 Å². The first-order valence-corrected chi connectivity index (χ1v) is 10.7. The highest BCUT2D eigenvalue weighted by Gasteiger charge is 2.33. The quantitative estimate of drug-likeness (QED) is 0.661. The van der Waals surface area contributed by atoms with Crippen LogP contribution in [0.1, 0.15) is 29.8 Å². The normalized spacial score (nSPS) is 16.8. The van der Waals surface area contributed by atoms with Crippen molar-refractivity contribution in [3.05, 3.63) is 54.4 Å². The Morgan fingerprint density at radius 2 is 1.90 bits per heavy atom. The van der Waals surface area contributed by atoms with E-state index in [1.807, 2.05) is 29.2 Å². The van der Waals surface area contributed by atoms with E-state index in [4.69, 9.17) is 4.42 Å². The average molecular weight is 419 g/mol. The average Bonchev–Trinajstić information content (AvgIpc) is 3.36. The zero-order valence-corrected chi connectivity index (χ0v) is 17.2. The van der Waals surface area contributed by atoms with Crippen molar-refractivity contribution in [2.24, 2.45) is 5.92 Å². The van der Waals surface area contributed by atoms with E-state index >= 15 is 0 Å². The fourth-order valence-electron chi connectivity index (χ4n) is 3.93. The molecule has 5 rings (SSSR count). The van der Waals surface area contributed by atoms with Crippen molar-refractivity contribution in [1.82, 2.24) is 15.1 Å². The van der Waals surface area contributed by atoms with Crippen LogP contribution >= 0.6 is 0 Å². The van der Waals surface area contributed by atoms with Gasteiger partial charge >= 0.3 is 0 Å². The number of hydrogen-bond donors (Lipinski definition) is 2. The van der Waals surface area contributed by atoms with Crippen LogP contribution in [0, 0.1) is 5.92 Å². The summed E-state index contributed by atoms with van der Waals surface area (Å²) in [4.78, 5) is 29.2. The molecule has 1 saturated carbocycles. The summed E-state index contributed by atoms with van der Waals surface area (Å²) in [5.74, 6) is 0.948. The van der Waals surface area contributed by atoms with Crippen LogP contribution in [0.25, 0.3) is 11.5 Å². The largest absolute Gasteiger partial charge is 0.463 e. The molecule has 8 nitrogen and oxygen atoms in total. The van der Waals surface area contributed by atoms with E-state index in [0.29, 0.717) is 28.7 Å². The van der Waals surface area contributed by atoms with Gasteiger partial charge in [-0.3, -0.25) is 14.7 Å². The molecule has 1 saturated heterocycles. The topological polar surface area (TPSA) is 94.5 Å². The molecule has 3 aromatic rings. The van der Waals surface area contributed by atoms with E-state index in [0.717, 1.165) is 51.1 Å². The van der Waals surface area contributed by atoms with E-state index < -0.39 is 0 Å². The van der Waals surface area contributed by atoms with Gasteiger partial charge in [-0.2, -0.15) is 5.10 Å². The Balaban J connectivity index is 1.19. The van der Waals surface area contributed by atoms with Crippen LogP contribution < -0.4 is 10.2 Å². The molecule has 8 heteroatoms. The summed E-state index contributed by atoms with van der Waals surface area (Å²) in [7, 11) is 0. The summed E-state index contributed by atoms with van der Waals surface area (Å²) in [6.07, 6.45) is 4.64. The van der Waals surface area contributed by atoms with Crippen LogP contribution in [-0.2, 0) is 4.79 Å². The van der Waals surface area contributed by atoms with Gasteiger partial charge < -0.3 is 19.5 Å². The number of aromatic amines is 1. The number of nitrogens with zero attached hydrogens (tertiary/aromatic N) is 3. The second-order valence-electron chi connectivity index (χ2n) is 8.09. The molecule has 1 aliphatic heterocycles. The van der Waals surface area contributed by atoms with Crippen LogP contribution in [0.15, 0.2) is 53.1 Å². The molecule has 0 bridgehead atoms. The first-order chi connectivity index (χ1) is 15.2. The highest BCUT2D eigenvalue weighted by Crippen LogP contribution is 2.31. The fourth-order valence-corrected chi connectivity index (χ4v) is 3.93.